The van der Waals surface area contributed by atoms with Crippen LogP contribution >= 0.6 is 0 Å². The Bertz CT molecular complexity index is 1540. The first-order valence-electron chi connectivity index (χ1n) is 12.9. The van der Waals surface area contributed by atoms with Gasteiger partial charge in [0.1, 0.15) is 36.3 Å². The molecule has 2 aliphatic heterocycles. The predicted octanol–water partition coefficient (Wildman–Crippen LogP) is -0.998. The van der Waals surface area contributed by atoms with Crippen LogP contribution in [0.15, 0.2) is 51.9 Å². The smallest absolute Gasteiger partial charge is 0.419 e. The van der Waals surface area contributed by atoms with Gasteiger partial charge in [0.25, 0.3) is 5.56 Å². The van der Waals surface area contributed by atoms with Gasteiger partial charge >= 0.3 is 11.9 Å². The summed E-state index contributed by atoms with van der Waals surface area (Å²) in [6.45, 7) is 0. The highest BCUT2D eigenvalue weighted by atomic mass is 19.4. The Balaban J connectivity index is 1.50. The normalized spacial score (nSPS) is 27.8. The van der Waals surface area contributed by atoms with Crippen LogP contribution in [0.25, 0.3) is 0 Å². The van der Waals surface area contributed by atoms with Crippen molar-refractivity contribution < 1.29 is 61.4 Å². The number of nitrogens with zero attached hydrogens (tertiary/aromatic N) is 1. The third-order valence-electron chi connectivity index (χ3n) is 6.95. The zero-order valence-corrected chi connectivity index (χ0v) is 22.6. The van der Waals surface area contributed by atoms with Gasteiger partial charge < -0.3 is 40.0 Å². The number of ketones is 1. The minimum atomic E-state index is -4.96. The first-order valence-corrected chi connectivity index (χ1v) is 12.9. The molecule has 3 heterocycles. The first kappa shape index (κ1) is 33.0. The molecule has 0 bridgehead atoms. The highest BCUT2D eigenvalue weighted by Gasteiger charge is 2.52. The largest absolute Gasteiger partial charge is 0.458 e. The van der Waals surface area contributed by atoms with Crippen molar-refractivity contribution >= 4 is 11.7 Å². The summed E-state index contributed by atoms with van der Waals surface area (Å²) in [5, 5.41) is 31.6. The number of nitrogens with one attached hydrogen (secondary N) is 1. The van der Waals surface area contributed by atoms with Crippen molar-refractivity contribution in [3.8, 4) is 0 Å². The Morgan fingerprint density at radius 1 is 1.16 bits per heavy atom. The van der Waals surface area contributed by atoms with E-state index in [1.54, 1.807) is 0 Å². The zero-order valence-electron chi connectivity index (χ0n) is 22.6. The molecule has 8 atom stereocenters. The lowest BCUT2D eigenvalue weighted by molar-refractivity contribution is -0.241. The summed E-state index contributed by atoms with van der Waals surface area (Å²) < 4.78 is 75.3. The van der Waals surface area contributed by atoms with E-state index >= 15 is 0 Å². The molecule has 2 aromatic rings. The number of rotatable bonds is 10. The number of halogens is 4. The summed E-state index contributed by atoms with van der Waals surface area (Å²) in [7, 11) is 1.13. The fraction of sp³-hybridized carbons (Fsp3) is 0.462. The number of primary amides is 1. The van der Waals surface area contributed by atoms with Crippen LogP contribution in [0.3, 0.4) is 0 Å². The number of allylic oxidation sites excluding steroid dienone is 1. The molecule has 1 aromatic carbocycles. The number of hydrogen-bond donors (Lipinski definition) is 5. The highest BCUT2D eigenvalue weighted by Crippen LogP contribution is 2.35. The average Bonchev–Trinajstić information content (AvgIpc) is 3.27. The Morgan fingerprint density at radius 3 is 2.48 bits per heavy atom. The lowest BCUT2D eigenvalue weighted by atomic mass is 10.0. The lowest BCUT2D eigenvalue weighted by Gasteiger charge is -2.35. The number of carbonyl (C=O) groups is 2. The number of amides is 1. The van der Waals surface area contributed by atoms with E-state index in [2.05, 4.69) is 0 Å². The predicted molar refractivity (Wildman–Crippen MR) is 136 cm³/mol. The molecule has 2 aliphatic rings. The number of nitrogens with two attached hydrogens (primary N) is 1. The third kappa shape index (κ3) is 6.90. The maximum Gasteiger partial charge on any atom is 0.419 e. The quantitative estimate of drug-likeness (QED) is 0.200. The van der Waals surface area contributed by atoms with E-state index in [9.17, 15) is 52.1 Å². The third-order valence-corrected chi connectivity index (χ3v) is 6.95. The van der Waals surface area contributed by atoms with Crippen LogP contribution < -0.4 is 17.0 Å². The van der Waals surface area contributed by atoms with Crippen LogP contribution in [0.4, 0.5) is 17.6 Å². The minimum absolute atomic E-state index is 0.0237. The van der Waals surface area contributed by atoms with Crippen molar-refractivity contribution in [1.29, 1.82) is 0 Å². The van der Waals surface area contributed by atoms with Gasteiger partial charge in [-0.25, -0.2) is 9.18 Å². The van der Waals surface area contributed by atoms with E-state index in [1.165, 1.54) is 0 Å². The van der Waals surface area contributed by atoms with Crippen LogP contribution in [0.2, 0.25) is 0 Å². The monoisotopic (exact) mass is 633 g/mol. The highest BCUT2D eigenvalue weighted by molar-refractivity contribution is 5.93. The molecule has 0 radical (unpaired) electrons. The number of benzene rings is 1. The molecule has 1 saturated heterocycles. The maximum absolute atomic E-state index is 13.6. The number of aromatic nitrogens is 2. The molecular formula is C26H27F4N3O11. The summed E-state index contributed by atoms with van der Waals surface area (Å²) >= 11 is 0. The van der Waals surface area contributed by atoms with Crippen molar-refractivity contribution in [1.82, 2.24) is 9.55 Å². The van der Waals surface area contributed by atoms with Gasteiger partial charge in [0.2, 0.25) is 12.2 Å². The van der Waals surface area contributed by atoms with Gasteiger partial charge in [0.05, 0.1) is 5.56 Å². The van der Waals surface area contributed by atoms with Gasteiger partial charge in [-0.05, 0) is 30.2 Å². The summed E-state index contributed by atoms with van der Waals surface area (Å²) in [4.78, 5) is 50.9. The number of hydrogen-bond acceptors (Lipinski definition) is 11. The van der Waals surface area contributed by atoms with E-state index < -0.39 is 102 Å². The molecule has 14 nitrogen and oxygen atoms in total. The molecule has 240 valence electrons. The molecule has 1 aromatic heterocycles. The minimum Gasteiger partial charge on any atom is -0.458 e. The van der Waals surface area contributed by atoms with Crippen LogP contribution in [-0.2, 0) is 41.1 Å². The Kier molecular flexibility index (Phi) is 9.71. The second-order valence-corrected chi connectivity index (χ2v) is 9.89. The van der Waals surface area contributed by atoms with Crippen molar-refractivity contribution in [3.63, 3.8) is 0 Å². The van der Waals surface area contributed by atoms with Crippen molar-refractivity contribution in [3.05, 3.63) is 80.1 Å². The van der Waals surface area contributed by atoms with Crippen molar-refractivity contribution in [2.45, 2.75) is 68.2 Å². The first-order chi connectivity index (χ1) is 20.6. The Labute approximate surface area is 244 Å². The molecular weight excluding hydrogens is 606 g/mol. The number of aromatic amines is 1. The average molecular weight is 634 g/mol. The van der Waals surface area contributed by atoms with Gasteiger partial charge in [-0.3, -0.25) is 23.9 Å². The zero-order chi connectivity index (χ0) is 32.5. The van der Waals surface area contributed by atoms with Crippen LogP contribution in [0.5, 0.6) is 0 Å². The summed E-state index contributed by atoms with van der Waals surface area (Å²) in [6, 6.07) is 3.20. The number of alkyl halides is 3. The number of H-pyrrole nitrogens is 1. The molecule has 0 unspecified atom stereocenters. The summed E-state index contributed by atoms with van der Waals surface area (Å²) in [5.74, 6) is -4.14. The summed E-state index contributed by atoms with van der Waals surface area (Å²) in [5.41, 5.74) is 2.25. The molecule has 6 N–H and O–H groups in total. The number of methoxy groups -OCH3 is 1. The number of aliphatic hydroxyl groups excluding tert-OH is 3. The lowest BCUT2D eigenvalue weighted by Crippen LogP contribution is -2.53. The molecule has 0 saturated carbocycles. The van der Waals surface area contributed by atoms with Gasteiger partial charge in [-0.2, -0.15) is 13.2 Å². The molecule has 0 spiro atoms. The molecule has 1 amide bonds. The molecule has 44 heavy (non-hydrogen) atoms. The molecule has 18 heteroatoms. The second kappa shape index (κ2) is 13.0. The number of aryl methyl sites for hydroxylation is 1. The Hall–Kier alpha value is -3.94. The molecule has 1 fully saturated rings. The van der Waals surface area contributed by atoms with E-state index in [4.69, 9.17) is 24.7 Å². The standard InChI is InChI=1S/C26H27F4N3O11/c1-41-19-18(38)23(33-7-6-16(36)32-25(33)40)43-20(19)21(22(31)39)44-24-17(37)14(35)9-15(42-24)13(34)5-3-10-2-4-12(27)11(8-10)26(28,29)30/h2,4,6-9,14,17-21,23-24,35,37-38H,3,5H2,1H3,(H2,31,39)(H,32,36,40)/t14-,17-,18+,19-,20-,21+,23+,24+/m0/s1. The second-order valence-electron chi connectivity index (χ2n) is 9.89. The number of Topliss-reactive ketones (excluding diaryl/α,β-unsaturated/α-hetero) is 1. The SMILES string of the molecule is CO[C@H]1[C@@H](O)[C@H](n2ccc(=O)[nH]c2=O)O[C@@H]1[C@@H](O[C@H]1OC(C(=O)CCc2ccc(F)c(C(F)(F)F)c2)=C[C@H](O)[C@@H]1O)C(N)=O. The number of aliphatic hydroxyl groups is 3. The number of ether oxygens (including phenoxy) is 4. The van der Waals surface area contributed by atoms with Crippen molar-refractivity contribution in [2.75, 3.05) is 7.11 Å². The van der Waals surface area contributed by atoms with E-state index in [0.717, 1.165) is 36.1 Å². The number of carbonyl (C=O) groups excluding carboxylic acids is 2. The molecule has 4 rings (SSSR count). The maximum atomic E-state index is 13.6. The fourth-order valence-corrected chi connectivity index (χ4v) is 4.74. The van der Waals surface area contributed by atoms with Crippen molar-refractivity contribution in [2.24, 2.45) is 5.73 Å². The van der Waals surface area contributed by atoms with Crippen LogP contribution in [0.1, 0.15) is 23.8 Å². The molecule has 0 aliphatic carbocycles. The van der Waals surface area contributed by atoms with E-state index in [0.29, 0.717) is 12.1 Å². The van der Waals surface area contributed by atoms with Crippen LogP contribution in [-0.4, -0.2) is 86.6 Å². The van der Waals surface area contributed by atoms with Gasteiger partial charge in [0, 0.05) is 25.8 Å². The van der Waals surface area contributed by atoms with Gasteiger partial charge in [-0.1, -0.05) is 6.07 Å². The summed E-state index contributed by atoms with van der Waals surface area (Å²) in [6.07, 6.45) is -17.5. The topological polar surface area (TPSA) is 213 Å². The van der Waals surface area contributed by atoms with Gasteiger partial charge in [0.15, 0.2) is 23.9 Å². The van der Waals surface area contributed by atoms with Crippen LogP contribution in [0, 0.1) is 5.82 Å². The van der Waals surface area contributed by atoms with E-state index in [-0.39, 0.29) is 12.0 Å². The van der Waals surface area contributed by atoms with E-state index in [1.807, 2.05) is 4.98 Å². The fourth-order valence-electron chi connectivity index (χ4n) is 4.74. The Morgan fingerprint density at radius 2 is 1.86 bits per heavy atom. The van der Waals surface area contributed by atoms with Gasteiger partial charge in [-0.15, -0.1) is 0 Å².